The van der Waals surface area contributed by atoms with Crippen molar-refractivity contribution in [2.75, 3.05) is 14.1 Å². The number of nitrogens with zero attached hydrogens (tertiary/aromatic N) is 1. The molecule has 156 valence electrons. The number of carbonyl (C=O) groups excluding carboxylic acids is 1. The number of carbonyl (C=O) groups is 1. The predicted molar refractivity (Wildman–Crippen MR) is 118 cm³/mol. The van der Waals surface area contributed by atoms with Gasteiger partial charge < -0.3 is 18.8 Å². The molecule has 4 rings (SSSR count). The lowest BCUT2D eigenvalue weighted by Gasteiger charge is -2.14. The van der Waals surface area contributed by atoms with Crippen LogP contribution in [0.5, 0.6) is 11.5 Å². The van der Waals surface area contributed by atoms with Crippen molar-refractivity contribution < 1.29 is 18.7 Å². The van der Waals surface area contributed by atoms with Gasteiger partial charge in [0.25, 0.3) is 0 Å². The molecule has 0 atom stereocenters. The Kier molecular flexibility index (Phi) is 5.71. The smallest absolute Gasteiger partial charge is 0.414 e. The lowest BCUT2D eigenvalue weighted by atomic mass is 10.1. The first-order valence-corrected chi connectivity index (χ1v) is 9.74. The monoisotopic (exact) mass is 415 g/mol. The van der Waals surface area contributed by atoms with Gasteiger partial charge in [-0.2, -0.15) is 0 Å². The third-order valence-corrected chi connectivity index (χ3v) is 4.63. The Bertz CT molecular complexity index is 1260. The topological polar surface area (TPSA) is 69.0 Å². The van der Waals surface area contributed by atoms with Crippen LogP contribution < -0.4 is 14.9 Å². The molecule has 0 N–H and O–H groups in total. The number of rotatable bonds is 5. The molecule has 6 nitrogen and oxygen atoms in total. The molecule has 0 aliphatic heterocycles. The Balaban J connectivity index is 1.81. The minimum atomic E-state index is -0.546. The highest BCUT2D eigenvalue weighted by Gasteiger charge is 2.17. The Morgan fingerprint density at radius 3 is 2.29 bits per heavy atom. The van der Waals surface area contributed by atoms with E-state index < -0.39 is 6.09 Å². The molecule has 0 radical (unpaired) electrons. The van der Waals surface area contributed by atoms with Crippen LogP contribution in [0, 0.1) is 0 Å². The molecular weight excluding hydrogens is 394 g/mol. The van der Waals surface area contributed by atoms with Crippen LogP contribution in [0.1, 0.15) is 5.56 Å². The van der Waals surface area contributed by atoms with Crippen molar-refractivity contribution in [1.82, 2.24) is 4.90 Å². The second kappa shape index (κ2) is 8.75. The van der Waals surface area contributed by atoms with E-state index in [2.05, 4.69) is 0 Å². The van der Waals surface area contributed by atoms with E-state index in [0.29, 0.717) is 11.1 Å². The molecular formula is C25H21NO5. The highest BCUT2D eigenvalue weighted by Crippen LogP contribution is 2.32. The summed E-state index contributed by atoms with van der Waals surface area (Å²) in [5.41, 5.74) is 1.74. The zero-order valence-corrected chi connectivity index (χ0v) is 17.2. The summed E-state index contributed by atoms with van der Waals surface area (Å²) in [6.45, 7) is 0.251. The van der Waals surface area contributed by atoms with Gasteiger partial charge in [-0.1, -0.05) is 60.7 Å². The number of benzene rings is 3. The Morgan fingerprint density at radius 1 is 0.935 bits per heavy atom. The van der Waals surface area contributed by atoms with E-state index in [-0.39, 0.29) is 29.1 Å². The van der Waals surface area contributed by atoms with E-state index in [1.54, 1.807) is 14.1 Å². The fraction of sp³-hybridized carbons (Fsp3) is 0.120. The predicted octanol–water partition coefficient (Wildman–Crippen LogP) is 5.10. The number of hydrogen-bond donors (Lipinski definition) is 0. The van der Waals surface area contributed by atoms with Crippen LogP contribution in [-0.2, 0) is 6.61 Å². The molecule has 0 unspecified atom stereocenters. The maximum Gasteiger partial charge on any atom is 0.414 e. The van der Waals surface area contributed by atoms with Crippen molar-refractivity contribution in [2.24, 2.45) is 0 Å². The second-order valence-corrected chi connectivity index (χ2v) is 7.17. The van der Waals surface area contributed by atoms with Crippen molar-refractivity contribution in [2.45, 2.75) is 6.61 Å². The first-order valence-electron chi connectivity index (χ1n) is 9.74. The van der Waals surface area contributed by atoms with Crippen LogP contribution in [0.3, 0.4) is 0 Å². The van der Waals surface area contributed by atoms with E-state index in [0.717, 1.165) is 11.1 Å². The molecule has 31 heavy (non-hydrogen) atoms. The third-order valence-electron chi connectivity index (χ3n) is 4.63. The van der Waals surface area contributed by atoms with E-state index >= 15 is 0 Å². The zero-order chi connectivity index (χ0) is 21.8. The lowest BCUT2D eigenvalue weighted by Crippen LogP contribution is -2.25. The molecule has 0 aliphatic rings. The summed E-state index contributed by atoms with van der Waals surface area (Å²) in [6, 6.07) is 23.4. The van der Waals surface area contributed by atoms with Gasteiger partial charge in [-0.3, -0.25) is 4.79 Å². The van der Waals surface area contributed by atoms with Crippen molar-refractivity contribution in [3.8, 4) is 22.8 Å². The molecule has 0 spiro atoms. The lowest BCUT2D eigenvalue weighted by molar-refractivity contribution is 0.171. The van der Waals surface area contributed by atoms with Crippen LogP contribution in [0.15, 0.2) is 88.1 Å². The SMILES string of the molecule is CN(C)C(=O)Oc1cc(OCc2ccccc2)c2c(=O)cc(-c3ccccc3)oc2c1. The zero-order valence-electron chi connectivity index (χ0n) is 17.2. The average molecular weight is 415 g/mol. The standard InChI is InChI=1S/C25H21NO5/c1-26(2)25(28)30-19-13-22(29-16-17-9-5-3-6-10-17)24-20(27)15-21(31-23(24)14-19)18-11-7-4-8-12-18/h3-15H,16H2,1-2H3. The van der Waals surface area contributed by atoms with Crippen LogP contribution in [-0.4, -0.2) is 25.1 Å². The molecule has 1 aromatic heterocycles. The summed E-state index contributed by atoms with van der Waals surface area (Å²) >= 11 is 0. The van der Waals surface area contributed by atoms with Gasteiger partial charge in [0.2, 0.25) is 0 Å². The Hall–Kier alpha value is -4.06. The van der Waals surface area contributed by atoms with E-state index in [4.69, 9.17) is 13.9 Å². The summed E-state index contributed by atoms with van der Waals surface area (Å²) in [5.74, 6) is 0.932. The Labute approximate surface area is 179 Å². The molecule has 0 saturated carbocycles. The largest absolute Gasteiger partial charge is 0.488 e. The van der Waals surface area contributed by atoms with Gasteiger partial charge in [-0.15, -0.1) is 0 Å². The van der Waals surface area contributed by atoms with Crippen LogP contribution >= 0.6 is 0 Å². The maximum atomic E-state index is 13.0. The highest BCUT2D eigenvalue weighted by atomic mass is 16.6. The maximum absolute atomic E-state index is 13.0. The molecule has 6 heteroatoms. The van der Waals surface area contributed by atoms with Gasteiger partial charge in [0.05, 0.1) is 0 Å². The van der Waals surface area contributed by atoms with Crippen molar-refractivity contribution in [3.05, 3.63) is 94.6 Å². The third kappa shape index (κ3) is 4.59. The van der Waals surface area contributed by atoms with Gasteiger partial charge in [-0.05, 0) is 5.56 Å². The van der Waals surface area contributed by atoms with Gasteiger partial charge in [0.1, 0.15) is 34.8 Å². The molecule has 3 aromatic carbocycles. The van der Waals surface area contributed by atoms with Gasteiger partial charge >= 0.3 is 6.09 Å². The quantitative estimate of drug-likeness (QED) is 0.454. The molecule has 0 fully saturated rings. The summed E-state index contributed by atoms with van der Waals surface area (Å²) in [6.07, 6.45) is -0.546. The summed E-state index contributed by atoms with van der Waals surface area (Å²) < 4.78 is 17.4. The second-order valence-electron chi connectivity index (χ2n) is 7.17. The fourth-order valence-corrected chi connectivity index (χ4v) is 3.07. The van der Waals surface area contributed by atoms with Crippen molar-refractivity contribution in [1.29, 1.82) is 0 Å². The van der Waals surface area contributed by atoms with E-state index in [1.165, 1.54) is 23.1 Å². The number of hydrogen-bond acceptors (Lipinski definition) is 5. The molecule has 0 aliphatic carbocycles. The first kappa shape index (κ1) is 20.2. The number of amides is 1. The summed E-state index contributed by atoms with van der Waals surface area (Å²) in [4.78, 5) is 26.4. The average Bonchev–Trinajstić information content (AvgIpc) is 2.78. The van der Waals surface area contributed by atoms with Gasteiger partial charge in [-0.25, -0.2) is 4.79 Å². The summed E-state index contributed by atoms with van der Waals surface area (Å²) in [5, 5.41) is 0.292. The van der Waals surface area contributed by atoms with Gasteiger partial charge in [0.15, 0.2) is 5.43 Å². The normalized spacial score (nSPS) is 10.6. The van der Waals surface area contributed by atoms with Crippen LogP contribution in [0.4, 0.5) is 4.79 Å². The van der Waals surface area contributed by atoms with Gasteiger partial charge in [0, 0.05) is 37.9 Å². The van der Waals surface area contributed by atoms with Crippen LogP contribution in [0.2, 0.25) is 0 Å². The molecule has 1 heterocycles. The number of ether oxygens (including phenoxy) is 2. The summed E-state index contributed by atoms with van der Waals surface area (Å²) in [7, 11) is 3.17. The minimum Gasteiger partial charge on any atom is -0.488 e. The van der Waals surface area contributed by atoms with E-state index in [1.807, 2.05) is 60.7 Å². The molecule has 4 aromatic rings. The van der Waals surface area contributed by atoms with Crippen molar-refractivity contribution >= 4 is 17.1 Å². The molecule has 0 bridgehead atoms. The Morgan fingerprint density at radius 2 is 1.61 bits per heavy atom. The first-order chi connectivity index (χ1) is 15.0. The van der Waals surface area contributed by atoms with Crippen LogP contribution in [0.25, 0.3) is 22.3 Å². The minimum absolute atomic E-state index is 0.225. The highest BCUT2D eigenvalue weighted by molar-refractivity contribution is 5.87. The van der Waals surface area contributed by atoms with E-state index in [9.17, 15) is 9.59 Å². The molecule has 0 saturated heterocycles. The molecule has 1 amide bonds. The number of fused-ring (bicyclic) bond motifs is 1. The fourth-order valence-electron chi connectivity index (χ4n) is 3.07. The van der Waals surface area contributed by atoms with Crippen molar-refractivity contribution in [3.63, 3.8) is 0 Å².